The zero-order chi connectivity index (χ0) is 17.5. The second-order valence-corrected chi connectivity index (χ2v) is 6.40. The number of carbonyl (C=O) groups is 1. The van der Waals surface area contributed by atoms with Crippen LogP contribution in [-0.4, -0.2) is 38.1 Å². The fraction of sp³-hybridized carbons (Fsp3) is 0.278. The summed E-state index contributed by atoms with van der Waals surface area (Å²) in [5.74, 6) is 0.229. The fourth-order valence-corrected chi connectivity index (χ4v) is 2.73. The summed E-state index contributed by atoms with van der Waals surface area (Å²) < 4.78 is 5.44. The maximum absolute atomic E-state index is 12.0. The monoisotopic (exact) mass is 366 g/mol. The standard InChI is InChI=1S/C18H20Cl2N2O2/c1-22(2)16(13-6-4-3-5-7-13)11-21-18(23)12-24-17-9-8-14(19)10-15(17)20/h3-10,16H,11-12H2,1-2H3,(H,21,23)/t16-/m1/s1. The molecule has 0 aliphatic carbocycles. The number of likely N-dealkylation sites (N-methyl/N-ethyl adjacent to an activating group) is 1. The van der Waals surface area contributed by atoms with E-state index in [1.807, 2.05) is 44.4 Å². The van der Waals surface area contributed by atoms with Gasteiger partial charge in [-0.15, -0.1) is 0 Å². The summed E-state index contributed by atoms with van der Waals surface area (Å²) in [5.41, 5.74) is 1.14. The van der Waals surface area contributed by atoms with Crippen LogP contribution in [-0.2, 0) is 4.79 Å². The normalized spacial score (nSPS) is 12.0. The van der Waals surface area contributed by atoms with Crippen molar-refractivity contribution in [2.75, 3.05) is 27.2 Å². The van der Waals surface area contributed by atoms with Crippen molar-refractivity contribution in [2.45, 2.75) is 6.04 Å². The molecule has 128 valence electrons. The first-order chi connectivity index (χ1) is 11.5. The van der Waals surface area contributed by atoms with E-state index in [0.29, 0.717) is 22.3 Å². The zero-order valence-electron chi connectivity index (χ0n) is 13.6. The Morgan fingerprint density at radius 1 is 1.17 bits per heavy atom. The Labute approximate surface area is 152 Å². The van der Waals surface area contributed by atoms with Gasteiger partial charge in [0.15, 0.2) is 6.61 Å². The van der Waals surface area contributed by atoms with E-state index in [9.17, 15) is 4.79 Å². The van der Waals surface area contributed by atoms with Crippen LogP contribution in [0, 0.1) is 0 Å². The van der Waals surface area contributed by atoms with Crippen LogP contribution < -0.4 is 10.1 Å². The molecule has 0 aliphatic rings. The topological polar surface area (TPSA) is 41.6 Å². The Morgan fingerprint density at radius 3 is 2.50 bits per heavy atom. The van der Waals surface area contributed by atoms with Gasteiger partial charge in [0.2, 0.25) is 0 Å². The predicted octanol–water partition coefficient (Wildman–Crippen LogP) is 3.79. The molecule has 2 aromatic rings. The molecule has 1 amide bonds. The van der Waals surface area contributed by atoms with Crippen molar-refractivity contribution >= 4 is 29.1 Å². The first kappa shape index (κ1) is 18.6. The molecule has 1 atom stereocenters. The summed E-state index contributed by atoms with van der Waals surface area (Å²) >= 11 is 11.8. The van der Waals surface area contributed by atoms with Crippen LogP contribution in [0.4, 0.5) is 0 Å². The quantitative estimate of drug-likeness (QED) is 0.810. The first-order valence-electron chi connectivity index (χ1n) is 7.53. The van der Waals surface area contributed by atoms with Crippen LogP contribution in [0.2, 0.25) is 10.0 Å². The Hall–Kier alpha value is -1.75. The van der Waals surface area contributed by atoms with Crippen molar-refractivity contribution in [3.63, 3.8) is 0 Å². The third-order valence-corrected chi connectivity index (χ3v) is 4.08. The van der Waals surface area contributed by atoms with Crippen LogP contribution in [0.5, 0.6) is 5.75 Å². The number of halogens is 2. The summed E-state index contributed by atoms with van der Waals surface area (Å²) in [6.07, 6.45) is 0. The van der Waals surface area contributed by atoms with Gasteiger partial charge < -0.3 is 15.0 Å². The molecule has 0 radical (unpaired) electrons. The highest BCUT2D eigenvalue weighted by atomic mass is 35.5. The van der Waals surface area contributed by atoms with Crippen LogP contribution in [0.1, 0.15) is 11.6 Å². The van der Waals surface area contributed by atoms with Crippen LogP contribution in [0.3, 0.4) is 0 Å². The van der Waals surface area contributed by atoms with Gasteiger partial charge in [0.1, 0.15) is 5.75 Å². The number of amides is 1. The molecular weight excluding hydrogens is 347 g/mol. The first-order valence-corrected chi connectivity index (χ1v) is 8.29. The maximum Gasteiger partial charge on any atom is 0.258 e. The molecule has 4 nitrogen and oxygen atoms in total. The van der Waals surface area contributed by atoms with E-state index in [4.69, 9.17) is 27.9 Å². The maximum atomic E-state index is 12.0. The second-order valence-electron chi connectivity index (χ2n) is 5.56. The lowest BCUT2D eigenvalue weighted by atomic mass is 10.1. The molecule has 0 bridgehead atoms. The van der Waals surface area contributed by atoms with Gasteiger partial charge >= 0.3 is 0 Å². The predicted molar refractivity (Wildman–Crippen MR) is 97.8 cm³/mol. The van der Waals surface area contributed by atoms with E-state index >= 15 is 0 Å². The van der Waals surface area contributed by atoms with Crippen LogP contribution in [0.15, 0.2) is 48.5 Å². The van der Waals surface area contributed by atoms with Crippen molar-refractivity contribution in [3.05, 3.63) is 64.1 Å². The molecule has 24 heavy (non-hydrogen) atoms. The van der Waals surface area contributed by atoms with Crippen molar-refractivity contribution in [2.24, 2.45) is 0 Å². The molecule has 2 rings (SSSR count). The number of nitrogens with one attached hydrogen (secondary N) is 1. The number of benzene rings is 2. The Balaban J connectivity index is 1.87. The molecular formula is C18H20Cl2N2O2. The SMILES string of the molecule is CN(C)[C@H](CNC(=O)COc1ccc(Cl)cc1Cl)c1ccccc1. The third kappa shape index (κ3) is 5.41. The zero-order valence-corrected chi connectivity index (χ0v) is 15.1. The highest BCUT2D eigenvalue weighted by Gasteiger charge is 2.15. The molecule has 0 aromatic heterocycles. The van der Waals surface area contributed by atoms with Gasteiger partial charge in [-0.3, -0.25) is 4.79 Å². The van der Waals surface area contributed by atoms with Crippen LogP contribution in [0.25, 0.3) is 0 Å². The Bertz CT molecular complexity index is 678. The van der Waals surface area contributed by atoms with Crippen molar-refractivity contribution in [3.8, 4) is 5.75 Å². The highest BCUT2D eigenvalue weighted by Crippen LogP contribution is 2.27. The number of carbonyl (C=O) groups excluding carboxylic acids is 1. The van der Waals surface area contributed by atoms with E-state index in [1.54, 1.807) is 18.2 Å². The van der Waals surface area contributed by atoms with E-state index in [1.165, 1.54) is 0 Å². The molecule has 0 unspecified atom stereocenters. The van der Waals surface area contributed by atoms with Crippen LogP contribution >= 0.6 is 23.2 Å². The van der Waals surface area contributed by atoms with E-state index in [0.717, 1.165) is 5.56 Å². The molecule has 0 aliphatic heterocycles. The lowest BCUT2D eigenvalue weighted by molar-refractivity contribution is -0.123. The number of hydrogen-bond donors (Lipinski definition) is 1. The lowest BCUT2D eigenvalue weighted by Crippen LogP contribution is -2.36. The van der Waals surface area contributed by atoms with Gasteiger partial charge in [-0.05, 0) is 37.9 Å². The van der Waals surface area contributed by atoms with Gasteiger partial charge in [0.05, 0.1) is 11.1 Å². The van der Waals surface area contributed by atoms with Gasteiger partial charge in [-0.1, -0.05) is 53.5 Å². The Morgan fingerprint density at radius 2 is 1.88 bits per heavy atom. The minimum atomic E-state index is -0.205. The van der Waals surface area contributed by atoms with Crippen molar-refractivity contribution in [1.29, 1.82) is 0 Å². The molecule has 0 saturated carbocycles. The summed E-state index contributed by atoms with van der Waals surface area (Å²) in [4.78, 5) is 14.1. The number of rotatable bonds is 7. The van der Waals surface area contributed by atoms with Gasteiger partial charge in [-0.2, -0.15) is 0 Å². The number of nitrogens with zero attached hydrogens (tertiary/aromatic N) is 1. The molecule has 0 spiro atoms. The summed E-state index contributed by atoms with van der Waals surface area (Å²) in [7, 11) is 3.96. The van der Waals surface area contributed by atoms with Crippen molar-refractivity contribution < 1.29 is 9.53 Å². The lowest BCUT2D eigenvalue weighted by Gasteiger charge is -2.25. The molecule has 2 aromatic carbocycles. The van der Waals surface area contributed by atoms with Crippen molar-refractivity contribution in [1.82, 2.24) is 10.2 Å². The minimum absolute atomic E-state index is 0.0919. The van der Waals surface area contributed by atoms with Gasteiger partial charge in [-0.25, -0.2) is 0 Å². The summed E-state index contributed by atoms with van der Waals surface area (Å²) in [6, 6.07) is 15.0. The molecule has 0 fully saturated rings. The molecule has 6 heteroatoms. The average Bonchev–Trinajstić information content (AvgIpc) is 2.55. The van der Waals surface area contributed by atoms with E-state index in [-0.39, 0.29) is 18.6 Å². The molecule has 1 N–H and O–H groups in total. The average molecular weight is 367 g/mol. The molecule has 0 heterocycles. The third-order valence-electron chi connectivity index (χ3n) is 3.55. The number of ether oxygens (including phenoxy) is 1. The highest BCUT2D eigenvalue weighted by molar-refractivity contribution is 6.35. The largest absolute Gasteiger partial charge is 0.482 e. The number of hydrogen-bond acceptors (Lipinski definition) is 3. The molecule has 0 saturated heterocycles. The second kappa shape index (κ2) is 8.92. The summed E-state index contributed by atoms with van der Waals surface area (Å²) in [5, 5.41) is 3.79. The Kier molecular flexibility index (Phi) is 6.91. The summed E-state index contributed by atoms with van der Waals surface area (Å²) in [6.45, 7) is 0.393. The van der Waals surface area contributed by atoms with Gasteiger partial charge in [0.25, 0.3) is 5.91 Å². The minimum Gasteiger partial charge on any atom is -0.482 e. The fourth-order valence-electron chi connectivity index (χ4n) is 2.27. The van der Waals surface area contributed by atoms with E-state index in [2.05, 4.69) is 10.2 Å². The smallest absolute Gasteiger partial charge is 0.258 e. The van der Waals surface area contributed by atoms with Gasteiger partial charge in [0, 0.05) is 11.6 Å². The van der Waals surface area contributed by atoms with E-state index < -0.39 is 0 Å².